The van der Waals surface area contributed by atoms with E-state index >= 15 is 0 Å². The first kappa shape index (κ1) is 12.0. The number of hydrogen-bond donors (Lipinski definition) is 0. The summed E-state index contributed by atoms with van der Waals surface area (Å²) in [6.45, 7) is 11.8. The number of hydrogen-bond acceptors (Lipinski definition) is 0. The van der Waals surface area contributed by atoms with Crippen molar-refractivity contribution in [2.24, 2.45) is 11.3 Å². The lowest BCUT2D eigenvalue weighted by Gasteiger charge is -2.31. The Hall–Kier alpha value is 0. The van der Waals surface area contributed by atoms with Gasteiger partial charge in [0.15, 0.2) is 0 Å². The second-order valence-corrected chi connectivity index (χ2v) is 4.78. The lowest BCUT2D eigenvalue weighted by Crippen LogP contribution is -2.21. The Labute approximate surface area is 78.8 Å². The lowest BCUT2D eigenvalue weighted by atomic mass is 9.74. The lowest BCUT2D eigenvalue weighted by molar-refractivity contribution is 0.194. The third-order valence-corrected chi connectivity index (χ3v) is 3.23. The van der Waals surface area contributed by atoms with Crippen molar-refractivity contribution >= 4 is 0 Å². The second-order valence-electron chi connectivity index (χ2n) is 4.78. The maximum absolute atomic E-state index is 2.42. The van der Waals surface area contributed by atoms with Gasteiger partial charge in [0.25, 0.3) is 0 Å². The molecule has 0 bridgehead atoms. The van der Waals surface area contributed by atoms with E-state index in [1.165, 1.54) is 32.1 Å². The average molecular weight is 170 g/mol. The average Bonchev–Trinajstić information content (AvgIpc) is 2.01. The van der Waals surface area contributed by atoms with Crippen LogP contribution in [-0.4, -0.2) is 0 Å². The highest BCUT2D eigenvalue weighted by molar-refractivity contribution is 4.74. The smallest absolute Gasteiger partial charge is 0.0329 e. The van der Waals surface area contributed by atoms with Gasteiger partial charge in [-0.25, -0.2) is 0 Å². The van der Waals surface area contributed by atoms with Crippen LogP contribution >= 0.6 is 0 Å². The molecule has 74 valence electrons. The van der Waals surface area contributed by atoms with Crippen LogP contribution in [0.4, 0.5) is 0 Å². The van der Waals surface area contributed by atoms with E-state index in [2.05, 4.69) is 34.6 Å². The molecule has 0 aromatic carbocycles. The first-order chi connectivity index (χ1) is 5.54. The molecule has 1 unspecified atom stereocenters. The van der Waals surface area contributed by atoms with Gasteiger partial charge < -0.3 is 0 Å². The fourth-order valence-corrected chi connectivity index (χ4v) is 1.70. The molecule has 0 aromatic heterocycles. The first-order valence-corrected chi connectivity index (χ1v) is 5.54. The fourth-order valence-electron chi connectivity index (χ4n) is 1.70. The summed E-state index contributed by atoms with van der Waals surface area (Å²) < 4.78 is 0. The molecule has 0 saturated heterocycles. The van der Waals surface area contributed by atoms with Crippen molar-refractivity contribution in [2.45, 2.75) is 66.7 Å². The summed E-state index contributed by atoms with van der Waals surface area (Å²) in [5, 5.41) is 0. The van der Waals surface area contributed by atoms with Crippen LogP contribution in [0, 0.1) is 11.3 Å². The molecule has 0 saturated carbocycles. The highest BCUT2D eigenvalue weighted by atomic mass is 14.3. The van der Waals surface area contributed by atoms with Gasteiger partial charge in [-0.05, 0) is 17.8 Å². The largest absolute Gasteiger partial charge is 0.0654 e. The van der Waals surface area contributed by atoms with Gasteiger partial charge in [-0.1, -0.05) is 60.3 Å². The van der Waals surface area contributed by atoms with Crippen molar-refractivity contribution < 1.29 is 0 Å². The molecule has 0 radical (unpaired) electrons. The maximum atomic E-state index is 2.42. The molecule has 0 heterocycles. The maximum Gasteiger partial charge on any atom is -0.0329 e. The van der Waals surface area contributed by atoms with Gasteiger partial charge in [-0.15, -0.1) is 0 Å². The predicted molar refractivity (Wildman–Crippen MR) is 57.4 cm³/mol. The molecular formula is C12H26. The zero-order chi connectivity index (χ0) is 9.61. The Morgan fingerprint density at radius 1 is 1.08 bits per heavy atom. The Kier molecular flexibility index (Phi) is 5.61. The zero-order valence-electron chi connectivity index (χ0n) is 9.61. The summed E-state index contributed by atoms with van der Waals surface area (Å²) in [6, 6.07) is 0. The molecule has 0 amide bonds. The van der Waals surface area contributed by atoms with E-state index in [1.54, 1.807) is 0 Å². The highest BCUT2D eigenvalue weighted by Gasteiger charge is 2.23. The standard InChI is InChI=1S/C12H26/c1-6-8-10-12(4,5)11(3)9-7-2/h11H,6-10H2,1-5H3. The summed E-state index contributed by atoms with van der Waals surface area (Å²) >= 11 is 0. The molecule has 0 rings (SSSR count). The molecular weight excluding hydrogens is 144 g/mol. The van der Waals surface area contributed by atoms with Crippen molar-refractivity contribution in [3.8, 4) is 0 Å². The molecule has 0 fully saturated rings. The third kappa shape index (κ3) is 4.13. The molecule has 12 heavy (non-hydrogen) atoms. The van der Waals surface area contributed by atoms with Crippen molar-refractivity contribution in [1.82, 2.24) is 0 Å². The molecule has 0 aliphatic heterocycles. The predicted octanol–water partition coefficient (Wildman–Crippen LogP) is 4.64. The van der Waals surface area contributed by atoms with Crippen LogP contribution in [-0.2, 0) is 0 Å². The van der Waals surface area contributed by atoms with Gasteiger partial charge >= 0.3 is 0 Å². The summed E-state index contributed by atoms with van der Waals surface area (Å²) in [5.74, 6) is 0.883. The van der Waals surface area contributed by atoms with E-state index in [1.807, 2.05) is 0 Å². The quantitative estimate of drug-likeness (QED) is 0.545. The van der Waals surface area contributed by atoms with Gasteiger partial charge in [0.05, 0.1) is 0 Å². The van der Waals surface area contributed by atoms with Crippen LogP contribution in [0.25, 0.3) is 0 Å². The molecule has 0 aromatic rings. The summed E-state index contributed by atoms with van der Waals surface area (Å²) in [5.41, 5.74) is 0.562. The van der Waals surface area contributed by atoms with Crippen LogP contribution in [0.2, 0.25) is 0 Å². The minimum Gasteiger partial charge on any atom is -0.0654 e. The van der Waals surface area contributed by atoms with Crippen molar-refractivity contribution in [3.05, 3.63) is 0 Å². The Morgan fingerprint density at radius 2 is 1.67 bits per heavy atom. The zero-order valence-corrected chi connectivity index (χ0v) is 9.61. The minimum atomic E-state index is 0.562. The first-order valence-electron chi connectivity index (χ1n) is 5.54. The Balaban J connectivity index is 3.81. The Morgan fingerprint density at radius 3 is 2.08 bits per heavy atom. The van der Waals surface area contributed by atoms with Gasteiger partial charge in [0.1, 0.15) is 0 Å². The molecule has 0 heteroatoms. The fraction of sp³-hybridized carbons (Fsp3) is 1.00. The van der Waals surface area contributed by atoms with Gasteiger partial charge in [-0.3, -0.25) is 0 Å². The highest BCUT2D eigenvalue weighted by Crippen LogP contribution is 2.34. The third-order valence-electron chi connectivity index (χ3n) is 3.23. The topological polar surface area (TPSA) is 0 Å². The molecule has 0 spiro atoms. The second kappa shape index (κ2) is 5.61. The summed E-state index contributed by atoms with van der Waals surface area (Å²) in [4.78, 5) is 0. The van der Waals surface area contributed by atoms with Crippen LogP contribution in [0.1, 0.15) is 66.7 Å². The van der Waals surface area contributed by atoms with E-state index in [9.17, 15) is 0 Å². The summed E-state index contributed by atoms with van der Waals surface area (Å²) in [7, 11) is 0. The van der Waals surface area contributed by atoms with E-state index in [0.717, 1.165) is 5.92 Å². The Bertz CT molecular complexity index is 103. The van der Waals surface area contributed by atoms with Gasteiger partial charge in [0.2, 0.25) is 0 Å². The van der Waals surface area contributed by atoms with Crippen LogP contribution in [0.15, 0.2) is 0 Å². The molecule has 1 atom stereocenters. The van der Waals surface area contributed by atoms with E-state index < -0.39 is 0 Å². The SMILES string of the molecule is CCCCC(C)(C)C(C)CCC. The van der Waals surface area contributed by atoms with Crippen molar-refractivity contribution in [2.75, 3.05) is 0 Å². The van der Waals surface area contributed by atoms with E-state index in [0.29, 0.717) is 5.41 Å². The molecule has 0 N–H and O–H groups in total. The van der Waals surface area contributed by atoms with Crippen LogP contribution < -0.4 is 0 Å². The number of unbranched alkanes of at least 4 members (excludes halogenated alkanes) is 1. The monoisotopic (exact) mass is 170 g/mol. The van der Waals surface area contributed by atoms with Crippen molar-refractivity contribution in [1.29, 1.82) is 0 Å². The minimum absolute atomic E-state index is 0.562. The molecule has 0 aliphatic carbocycles. The normalized spacial score (nSPS) is 14.8. The summed E-state index contributed by atoms with van der Waals surface area (Å²) in [6.07, 6.45) is 6.83. The number of rotatable bonds is 6. The van der Waals surface area contributed by atoms with E-state index in [-0.39, 0.29) is 0 Å². The molecule has 0 aliphatic rings. The van der Waals surface area contributed by atoms with Crippen molar-refractivity contribution in [3.63, 3.8) is 0 Å². The van der Waals surface area contributed by atoms with Crippen LogP contribution in [0.5, 0.6) is 0 Å². The van der Waals surface area contributed by atoms with Gasteiger partial charge in [0, 0.05) is 0 Å². The van der Waals surface area contributed by atoms with Gasteiger partial charge in [-0.2, -0.15) is 0 Å². The van der Waals surface area contributed by atoms with Crippen LogP contribution in [0.3, 0.4) is 0 Å². The molecule has 0 nitrogen and oxygen atoms in total. The van der Waals surface area contributed by atoms with E-state index in [4.69, 9.17) is 0 Å².